The van der Waals surface area contributed by atoms with Crippen LogP contribution in [0.1, 0.15) is 55.7 Å². The predicted octanol–water partition coefficient (Wildman–Crippen LogP) is 5.20. The van der Waals surface area contributed by atoms with Crippen LogP contribution in [-0.2, 0) is 19.6 Å². The first-order valence-electron chi connectivity index (χ1n) is 12.3. The van der Waals surface area contributed by atoms with Crippen LogP contribution in [0.4, 0.5) is 0 Å². The second-order valence-electron chi connectivity index (χ2n) is 10.7. The van der Waals surface area contributed by atoms with Gasteiger partial charge in [0.25, 0.3) is 0 Å². The highest BCUT2D eigenvalue weighted by atomic mass is 35.5. The topological polar surface area (TPSA) is 95.0 Å². The largest absolute Gasteiger partial charge is 0.481 e. The highest BCUT2D eigenvalue weighted by Crippen LogP contribution is 2.54. The Labute approximate surface area is 228 Å². The van der Waals surface area contributed by atoms with Crippen LogP contribution in [0.25, 0.3) is 0 Å². The first-order chi connectivity index (χ1) is 17.3. The monoisotopic (exact) mass is 566 g/mol. The minimum absolute atomic E-state index is 0.0145. The molecule has 200 valence electrons. The number of carboxylic acid groups (broad SMARTS) is 1. The van der Waals surface area contributed by atoms with E-state index in [0.717, 1.165) is 24.0 Å². The molecule has 0 radical (unpaired) electrons. The minimum Gasteiger partial charge on any atom is -0.481 e. The van der Waals surface area contributed by atoms with E-state index in [1.165, 1.54) is 18.4 Å². The Hall–Kier alpha value is -2.13. The third kappa shape index (κ3) is 5.98. The van der Waals surface area contributed by atoms with Gasteiger partial charge in [0.05, 0.1) is 29.7 Å². The first-order valence-corrected chi connectivity index (χ1v) is 14.6. The highest BCUT2D eigenvalue weighted by molar-refractivity contribution is 7.89. The van der Waals surface area contributed by atoms with E-state index in [-0.39, 0.29) is 36.3 Å². The van der Waals surface area contributed by atoms with Gasteiger partial charge in [-0.15, -0.1) is 0 Å². The van der Waals surface area contributed by atoms with Crippen LogP contribution in [0.15, 0.2) is 48.5 Å². The van der Waals surface area contributed by atoms with Gasteiger partial charge in [0, 0.05) is 30.1 Å². The number of rotatable bonds is 9. The van der Waals surface area contributed by atoms with Gasteiger partial charge >= 0.3 is 5.97 Å². The zero-order valence-electron chi connectivity index (χ0n) is 21.1. The molecule has 2 aromatic rings. The smallest absolute Gasteiger partial charge is 0.304 e. The van der Waals surface area contributed by atoms with Gasteiger partial charge < -0.3 is 10.0 Å². The fraction of sp³-hybridized carbons (Fsp3) is 0.481. The van der Waals surface area contributed by atoms with Gasteiger partial charge in [-0.3, -0.25) is 9.59 Å². The Morgan fingerprint density at radius 2 is 1.76 bits per heavy atom. The molecule has 1 heterocycles. The molecular formula is C27H32Cl2N2O5S. The number of aliphatic carboxylic acids is 1. The summed E-state index contributed by atoms with van der Waals surface area (Å²) in [5, 5.41) is 10.8. The maximum atomic E-state index is 14.3. The average molecular weight is 568 g/mol. The Morgan fingerprint density at radius 3 is 2.30 bits per heavy atom. The SMILES string of the molecule is CN(C)S(=O)(=O)CC(C1CC1)N1C(=O)[C@@](C)(CC(=O)O)CC(c2cccc(Cl)c2)[C@H]1c1ccc(Cl)cc1. The molecule has 2 aliphatic rings. The quantitative estimate of drug-likeness (QED) is 0.450. The maximum Gasteiger partial charge on any atom is 0.304 e. The molecule has 2 aromatic carbocycles. The number of halogens is 2. The summed E-state index contributed by atoms with van der Waals surface area (Å²) in [6.45, 7) is 1.68. The van der Waals surface area contributed by atoms with Crippen LogP contribution in [0.5, 0.6) is 0 Å². The number of piperidine rings is 1. The van der Waals surface area contributed by atoms with E-state index in [9.17, 15) is 23.1 Å². The van der Waals surface area contributed by atoms with Crippen LogP contribution < -0.4 is 0 Å². The van der Waals surface area contributed by atoms with Crippen molar-refractivity contribution in [3.63, 3.8) is 0 Å². The summed E-state index contributed by atoms with van der Waals surface area (Å²) in [4.78, 5) is 27.9. The molecule has 1 saturated carbocycles. The zero-order chi connectivity index (χ0) is 27.1. The molecule has 10 heteroatoms. The second kappa shape index (κ2) is 10.6. The van der Waals surface area contributed by atoms with E-state index in [1.54, 1.807) is 30.0 Å². The number of carboxylic acids is 1. The molecule has 2 unspecified atom stereocenters. The third-order valence-corrected chi connectivity index (χ3v) is 9.96. The van der Waals surface area contributed by atoms with Crippen molar-refractivity contribution in [2.75, 3.05) is 19.8 Å². The summed E-state index contributed by atoms with van der Waals surface area (Å²) in [7, 11) is -0.689. The molecule has 4 atom stereocenters. The summed E-state index contributed by atoms with van der Waals surface area (Å²) in [6, 6.07) is 13.5. The summed E-state index contributed by atoms with van der Waals surface area (Å²) < 4.78 is 27.4. The van der Waals surface area contributed by atoms with Gasteiger partial charge in [0.1, 0.15) is 0 Å². The lowest BCUT2D eigenvalue weighted by atomic mass is 9.67. The van der Waals surface area contributed by atoms with Crippen LogP contribution in [-0.4, -0.2) is 60.5 Å². The van der Waals surface area contributed by atoms with E-state index < -0.39 is 33.5 Å². The Bertz CT molecular complexity index is 1280. The number of hydrogen-bond donors (Lipinski definition) is 1. The molecule has 1 saturated heterocycles. The Kier molecular flexibility index (Phi) is 7.96. The van der Waals surface area contributed by atoms with Crippen LogP contribution >= 0.6 is 23.2 Å². The van der Waals surface area contributed by atoms with Crippen molar-refractivity contribution >= 4 is 45.1 Å². The fourth-order valence-corrected chi connectivity index (χ4v) is 7.02. The van der Waals surface area contributed by atoms with Crippen LogP contribution in [0.2, 0.25) is 10.0 Å². The lowest BCUT2D eigenvalue weighted by Crippen LogP contribution is -2.58. The van der Waals surface area contributed by atoms with E-state index in [4.69, 9.17) is 23.2 Å². The number of hydrogen-bond acceptors (Lipinski definition) is 4. The molecule has 1 N–H and O–H groups in total. The lowest BCUT2D eigenvalue weighted by Gasteiger charge is -2.52. The summed E-state index contributed by atoms with van der Waals surface area (Å²) in [5.74, 6) is -1.94. The van der Waals surface area contributed by atoms with Crippen LogP contribution in [0.3, 0.4) is 0 Å². The van der Waals surface area contributed by atoms with Crippen molar-refractivity contribution in [3.05, 3.63) is 69.7 Å². The number of carbonyl (C=O) groups excluding carboxylic acids is 1. The average Bonchev–Trinajstić information content (AvgIpc) is 3.65. The highest BCUT2D eigenvalue weighted by Gasteiger charge is 2.55. The van der Waals surface area contributed by atoms with E-state index >= 15 is 0 Å². The van der Waals surface area contributed by atoms with Gasteiger partial charge in [-0.05, 0) is 60.6 Å². The van der Waals surface area contributed by atoms with Gasteiger partial charge in [0.15, 0.2) is 0 Å². The number of nitrogens with zero attached hydrogens (tertiary/aromatic N) is 2. The molecule has 0 bridgehead atoms. The van der Waals surface area contributed by atoms with Gasteiger partial charge in [-0.25, -0.2) is 12.7 Å². The fourth-order valence-electron chi connectivity index (χ4n) is 5.53. The Balaban J connectivity index is 1.93. The Morgan fingerprint density at radius 1 is 1.11 bits per heavy atom. The molecule has 37 heavy (non-hydrogen) atoms. The van der Waals surface area contributed by atoms with Crippen molar-refractivity contribution < 1.29 is 23.1 Å². The van der Waals surface area contributed by atoms with Gasteiger partial charge in [0.2, 0.25) is 15.9 Å². The minimum atomic E-state index is -3.66. The molecule has 0 spiro atoms. The third-order valence-electron chi connectivity index (χ3n) is 7.59. The zero-order valence-corrected chi connectivity index (χ0v) is 23.4. The van der Waals surface area contributed by atoms with Crippen molar-refractivity contribution in [1.82, 2.24) is 9.21 Å². The molecular weight excluding hydrogens is 535 g/mol. The van der Waals surface area contributed by atoms with Crippen molar-refractivity contribution in [3.8, 4) is 0 Å². The number of likely N-dealkylation sites (tertiary alicyclic amines) is 1. The van der Waals surface area contributed by atoms with Crippen molar-refractivity contribution in [2.45, 2.75) is 50.6 Å². The lowest BCUT2D eigenvalue weighted by molar-refractivity contribution is -0.160. The number of benzene rings is 2. The number of sulfonamides is 1. The molecule has 0 aromatic heterocycles. The van der Waals surface area contributed by atoms with Gasteiger partial charge in [-0.1, -0.05) is 54.4 Å². The standard InChI is InChI=1S/C27H32Cl2N2O5S/c1-27(15-24(32)33)14-22(19-5-4-6-21(29)13-19)25(18-9-11-20(28)12-10-18)31(26(27)34)23(17-7-8-17)16-37(35,36)30(2)3/h4-6,9-13,17,22-23,25H,7-8,14-16H2,1-3H3,(H,32,33)/t22?,23?,25-,27-/m1/s1. The first kappa shape index (κ1) is 27.9. The molecule has 7 nitrogen and oxygen atoms in total. The number of carbonyl (C=O) groups is 2. The second-order valence-corrected chi connectivity index (χ2v) is 13.8. The summed E-state index contributed by atoms with van der Waals surface area (Å²) >= 11 is 12.6. The summed E-state index contributed by atoms with van der Waals surface area (Å²) in [5.41, 5.74) is 0.455. The number of amides is 1. The molecule has 2 fully saturated rings. The predicted molar refractivity (Wildman–Crippen MR) is 144 cm³/mol. The van der Waals surface area contributed by atoms with E-state index in [0.29, 0.717) is 10.0 Å². The normalized spacial score (nSPS) is 25.4. The molecule has 1 aliphatic carbocycles. The van der Waals surface area contributed by atoms with Crippen molar-refractivity contribution in [1.29, 1.82) is 0 Å². The van der Waals surface area contributed by atoms with Crippen LogP contribution in [0, 0.1) is 11.3 Å². The van der Waals surface area contributed by atoms with E-state index in [1.807, 2.05) is 30.3 Å². The van der Waals surface area contributed by atoms with Gasteiger partial charge in [-0.2, -0.15) is 0 Å². The molecule has 1 aliphatic heterocycles. The maximum absolute atomic E-state index is 14.3. The molecule has 4 rings (SSSR count). The van der Waals surface area contributed by atoms with Crippen molar-refractivity contribution in [2.24, 2.45) is 11.3 Å². The summed E-state index contributed by atoms with van der Waals surface area (Å²) in [6.07, 6.45) is 1.54. The molecule has 1 amide bonds. The van der Waals surface area contributed by atoms with E-state index in [2.05, 4.69) is 0 Å².